The molecule has 0 aliphatic carbocycles. The second-order valence-electron chi connectivity index (χ2n) is 9.34. The number of hydrogen-bond acceptors (Lipinski definition) is 7. The van der Waals surface area contributed by atoms with Crippen molar-refractivity contribution in [1.29, 1.82) is 0 Å². The molecule has 0 spiro atoms. The van der Waals surface area contributed by atoms with E-state index in [0.717, 1.165) is 16.6 Å². The van der Waals surface area contributed by atoms with Crippen LogP contribution < -0.4 is 10.6 Å². The van der Waals surface area contributed by atoms with Crippen molar-refractivity contribution in [1.82, 2.24) is 19.9 Å². The summed E-state index contributed by atoms with van der Waals surface area (Å²) in [5, 5.41) is 7.30. The molecule has 5 aromatic rings. The van der Waals surface area contributed by atoms with E-state index in [2.05, 4.69) is 37.4 Å². The fourth-order valence-corrected chi connectivity index (χ4v) is 4.54. The molecule has 0 radical (unpaired) electrons. The molecule has 41 heavy (non-hydrogen) atoms. The number of hydrogen-bond donors (Lipinski definition) is 2. The molecule has 1 aliphatic heterocycles. The van der Waals surface area contributed by atoms with Gasteiger partial charge in [-0.3, -0.25) is 19.5 Å². The van der Waals surface area contributed by atoms with E-state index in [1.807, 2.05) is 30.3 Å². The lowest BCUT2D eigenvalue weighted by Gasteiger charge is -2.12. The molecule has 0 atom stereocenters. The van der Waals surface area contributed by atoms with Gasteiger partial charge in [0.05, 0.1) is 28.4 Å². The first-order valence-electron chi connectivity index (χ1n) is 13.0. The summed E-state index contributed by atoms with van der Waals surface area (Å²) < 4.78 is 13.7. The number of rotatable bonds is 7. The van der Waals surface area contributed by atoms with Crippen LogP contribution in [0.15, 0.2) is 91.3 Å². The number of nitrogens with one attached hydrogen (secondary N) is 2. The van der Waals surface area contributed by atoms with E-state index < -0.39 is 0 Å². The van der Waals surface area contributed by atoms with Crippen LogP contribution in [0.5, 0.6) is 0 Å². The summed E-state index contributed by atoms with van der Waals surface area (Å²) in [5.74, 6) is 6.04. The van der Waals surface area contributed by atoms with Gasteiger partial charge in [-0.1, -0.05) is 36.1 Å². The third-order valence-electron chi connectivity index (χ3n) is 6.52. The quantitative estimate of drug-likeness (QED) is 0.146. The standard InChI is InChI=1S/C32H23FN6O2/c33-23-10-6-11-24(19-23)37-32-35-20-22(29(38-32)36-25-14-15-28-21(18-25)9-7-16-34-28)8-2-1-5-17-39-30(40)26-12-3-4-13-27(26)31(39)41/h3-4,6-7,9-16,18-20H,1,5,17H2,(H2,35,36,37,38). The molecule has 0 unspecified atom stereocenters. The molecule has 9 heteroatoms. The third-order valence-corrected chi connectivity index (χ3v) is 6.52. The summed E-state index contributed by atoms with van der Waals surface area (Å²) in [6.07, 6.45) is 4.32. The Morgan fingerprint density at radius 2 is 1.63 bits per heavy atom. The van der Waals surface area contributed by atoms with Crippen molar-refractivity contribution in [3.63, 3.8) is 0 Å². The van der Waals surface area contributed by atoms with Crippen LogP contribution in [0.1, 0.15) is 39.1 Å². The summed E-state index contributed by atoms with van der Waals surface area (Å²) in [5.41, 5.74) is 3.60. The Bertz CT molecular complexity index is 1830. The highest BCUT2D eigenvalue weighted by molar-refractivity contribution is 6.21. The molecule has 0 saturated heterocycles. The maximum Gasteiger partial charge on any atom is 0.261 e. The number of unbranched alkanes of at least 4 members (excludes halogenated alkanes) is 1. The number of pyridine rings is 1. The summed E-state index contributed by atoms with van der Waals surface area (Å²) in [7, 11) is 0. The summed E-state index contributed by atoms with van der Waals surface area (Å²) in [6, 6.07) is 22.5. The van der Waals surface area contributed by atoms with Crippen LogP contribution in [0.2, 0.25) is 0 Å². The molecular weight excluding hydrogens is 519 g/mol. The Kier molecular flexibility index (Phi) is 7.03. The van der Waals surface area contributed by atoms with Crippen molar-refractivity contribution in [2.45, 2.75) is 12.8 Å². The number of anilines is 4. The number of benzene rings is 3. The number of nitrogens with zero attached hydrogens (tertiary/aromatic N) is 4. The van der Waals surface area contributed by atoms with Crippen molar-refractivity contribution < 1.29 is 14.0 Å². The molecule has 0 fully saturated rings. The average molecular weight is 543 g/mol. The molecule has 6 rings (SSSR count). The normalized spacial score (nSPS) is 12.2. The zero-order valence-electron chi connectivity index (χ0n) is 21.8. The highest BCUT2D eigenvalue weighted by atomic mass is 19.1. The van der Waals surface area contributed by atoms with Gasteiger partial charge in [-0.25, -0.2) is 9.37 Å². The Hall–Kier alpha value is -5.62. The number of amides is 2. The lowest BCUT2D eigenvalue weighted by Crippen LogP contribution is -2.30. The number of fused-ring (bicyclic) bond motifs is 2. The van der Waals surface area contributed by atoms with Gasteiger partial charge < -0.3 is 10.6 Å². The van der Waals surface area contributed by atoms with E-state index in [-0.39, 0.29) is 30.1 Å². The summed E-state index contributed by atoms with van der Waals surface area (Å²) in [4.78, 5) is 39.8. The van der Waals surface area contributed by atoms with Gasteiger partial charge in [-0.15, -0.1) is 0 Å². The molecule has 3 heterocycles. The fraction of sp³-hybridized carbons (Fsp3) is 0.0938. The zero-order chi connectivity index (χ0) is 28.2. The minimum atomic E-state index is -0.373. The molecule has 2 amide bonds. The largest absolute Gasteiger partial charge is 0.339 e. The Balaban J connectivity index is 1.20. The van der Waals surface area contributed by atoms with Crippen LogP contribution in [0, 0.1) is 17.7 Å². The van der Waals surface area contributed by atoms with Gasteiger partial charge in [-0.05, 0) is 61.0 Å². The lowest BCUT2D eigenvalue weighted by molar-refractivity contribution is 0.0653. The van der Waals surface area contributed by atoms with Crippen LogP contribution >= 0.6 is 0 Å². The monoisotopic (exact) mass is 542 g/mol. The second-order valence-corrected chi connectivity index (χ2v) is 9.34. The molecule has 8 nitrogen and oxygen atoms in total. The van der Waals surface area contributed by atoms with Crippen LogP contribution in [-0.4, -0.2) is 38.2 Å². The van der Waals surface area contributed by atoms with Crippen LogP contribution in [-0.2, 0) is 0 Å². The molecular formula is C32H23FN6O2. The molecule has 0 bridgehead atoms. The SMILES string of the molecule is O=C1c2ccccc2C(=O)N1CCCC#Cc1cnc(Nc2cccc(F)c2)nc1Nc1ccc2ncccc2c1. The Morgan fingerprint density at radius 3 is 2.44 bits per heavy atom. The lowest BCUT2D eigenvalue weighted by atomic mass is 10.1. The van der Waals surface area contributed by atoms with Crippen LogP contribution in [0.25, 0.3) is 10.9 Å². The number of imide groups is 1. The summed E-state index contributed by atoms with van der Waals surface area (Å²) in [6.45, 7) is 0.282. The van der Waals surface area contributed by atoms with Crippen LogP contribution in [0.3, 0.4) is 0 Å². The van der Waals surface area contributed by atoms with E-state index in [1.54, 1.807) is 48.8 Å². The van der Waals surface area contributed by atoms with Gasteiger partial charge in [0.15, 0.2) is 5.82 Å². The first-order chi connectivity index (χ1) is 20.0. The average Bonchev–Trinajstić information content (AvgIpc) is 3.23. The maximum absolute atomic E-state index is 13.7. The third kappa shape index (κ3) is 5.58. The maximum atomic E-state index is 13.7. The highest BCUT2D eigenvalue weighted by Gasteiger charge is 2.34. The van der Waals surface area contributed by atoms with Crippen molar-refractivity contribution in [2.24, 2.45) is 0 Å². The highest BCUT2D eigenvalue weighted by Crippen LogP contribution is 2.25. The molecule has 0 saturated carbocycles. The van der Waals surface area contributed by atoms with Gasteiger partial charge in [0.25, 0.3) is 11.8 Å². The van der Waals surface area contributed by atoms with Gasteiger partial charge in [0.2, 0.25) is 5.95 Å². The molecule has 1 aliphatic rings. The number of carbonyl (C=O) groups is 2. The van der Waals surface area contributed by atoms with Gasteiger partial charge in [0.1, 0.15) is 5.82 Å². The topological polar surface area (TPSA) is 100 Å². The smallest absolute Gasteiger partial charge is 0.261 e. The van der Waals surface area contributed by atoms with Crippen molar-refractivity contribution in [3.8, 4) is 11.8 Å². The van der Waals surface area contributed by atoms with Crippen molar-refractivity contribution in [3.05, 3.63) is 114 Å². The van der Waals surface area contributed by atoms with E-state index in [1.165, 1.54) is 17.0 Å². The first kappa shape index (κ1) is 25.6. The van der Waals surface area contributed by atoms with Crippen molar-refractivity contribution >= 4 is 45.9 Å². The minimum absolute atomic E-state index is 0.273. The Morgan fingerprint density at radius 1 is 0.829 bits per heavy atom. The zero-order valence-corrected chi connectivity index (χ0v) is 21.8. The van der Waals surface area contributed by atoms with E-state index in [9.17, 15) is 14.0 Å². The fourth-order valence-electron chi connectivity index (χ4n) is 4.54. The molecule has 200 valence electrons. The summed E-state index contributed by atoms with van der Waals surface area (Å²) >= 11 is 0. The number of carbonyl (C=O) groups excluding carboxylic acids is 2. The second kappa shape index (κ2) is 11.2. The minimum Gasteiger partial charge on any atom is -0.339 e. The van der Waals surface area contributed by atoms with E-state index in [0.29, 0.717) is 41.0 Å². The Labute approximate surface area is 235 Å². The molecule has 3 aromatic carbocycles. The van der Waals surface area contributed by atoms with E-state index in [4.69, 9.17) is 0 Å². The van der Waals surface area contributed by atoms with Gasteiger partial charge in [0, 0.05) is 35.9 Å². The van der Waals surface area contributed by atoms with Gasteiger partial charge in [-0.2, -0.15) is 4.98 Å². The van der Waals surface area contributed by atoms with E-state index >= 15 is 0 Å². The number of aromatic nitrogens is 3. The van der Waals surface area contributed by atoms with Crippen molar-refractivity contribution in [2.75, 3.05) is 17.2 Å². The molecule has 2 aromatic heterocycles. The molecule has 2 N–H and O–H groups in total. The number of halogens is 1. The predicted molar refractivity (Wildman–Crippen MR) is 155 cm³/mol. The van der Waals surface area contributed by atoms with Gasteiger partial charge >= 0.3 is 0 Å². The first-order valence-corrected chi connectivity index (χ1v) is 13.0. The van der Waals surface area contributed by atoms with Crippen LogP contribution in [0.4, 0.5) is 27.5 Å². The predicted octanol–water partition coefficient (Wildman–Crippen LogP) is 6.08.